The fourth-order valence-corrected chi connectivity index (χ4v) is 3.48. The average Bonchev–Trinajstić information content (AvgIpc) is 3.11. The van der Waals surface area contributed by atoms with E-state index in [0.717, 1.165) is 0 Å². The molecule has 0 radical (unpaired) electrons. The van der Waals surface area contributed by atoms with E-state index >= 15 is 0 Å². The van der Waals surface area contributed by atoms with Gasteiger partial charge in [0.05, 0.1) is 6.04 Å². The van der Waals surface area contributed by atoms with Gasteiger partial charge in [0, 0.05) is 29.9 Å². The molecule has 2 aromatic rings. The zero-order valence-corrected chi connectivity index (χ0v) is 15.2. The van der Waals surface area contributed by atoms with Crippen LogP contribution in [0, 0.1) is 19.8 Å². The molecule has 23 heavy (non-hydrogen) atoms. The van der Waals surface area contributed by atoms with E-state index in [1.165, 1.54) is 15.3 Å². The van der Waals surface area contributed by atoms with Gasteiger partial charge >= 0.3 is 6.03 Å². The van der Waals surface area contributed by atoms with E-state index in [1.54, 1.807) is 28.9 Å². The van der Waals surface area contributed by atoms with Crippen molar-refractivity contribution in [1.82, 2.24) is 25.0 Å². The molecule has 0 saturated carbocycles. The molecule has 0 saturated heterocycles. The second-order valence-electron chi connectivity index (χ2n) is 6.16. The molecule has 0 aromatic carbocycles. The highest BCUT2D eigenvalue weighted by Crippen LogP contribution is 2.30. The normalized spacial score (nSPS) is 12.4. The number of rotatable bonds is 6. The van der Waals surface area contributed by atoms with Crippen LogP contribution >= 0.6 is 11.3 Å². The third-order valence-electron chi connectivity index (χ3n) is 3.87. The number of amides is 2. The fourth-order valence-electron chi connectivity index (χ4n) is 2.51. The van der Waals surface area contributed by atoms with Crippen molar-refractivity contribution in [2.45, 2.75) is 40.3 Å². The summed E-state index contributed by atoms with van der Waals surface area (Å²) < 4.78 is 1.86. The Morgan fingerprint density at radius 2 is 2.00 bits per heavy atom. The lowest BCUT2D eigenvalue weighted by Crippen LogP contribution is -2.42. The molecule has 2 amide bonds. The zero-order chi connectivity index (χ0) is 17.0. The van der Waals surface area contributed by atoms with Gasteiger partial charge in [-0.2, -0.15) is 0 Å². The van der Waals surface area contributed by atoms with Crippen LogP contribution in [0.5, 0.6) is 0 Å². The largest absolute Gasteiger partial charge is 0.331 e. The first-order valence-electron chi connectivity index (χ1n) is 7.79. The lowest BCUT2D eigenvalue weighted by atomic mass is 9.96. The second-order valence-corrected chi connectivity index (χ2v) is 7.62. The van der Waals surface area contributed by atoms with Crippen LogP contribution in [0.1, 0.15) is 35.2 Å². The molecule has 0 fully saturated rings. The van der Waals surface area contributed by atoms with Gasteiger partial charge in [-0.1, -0.05) is 13.8 Å². The van der Waals surface area contributed by atoms with Gasteiger partial charge in [0.1, 0.15) is 12.7 Å². The molecule has 1 atom stereocenters. The van der Waals surface area contributed by atoms with Crippen molar-refractivity contribution in [2.75, 3.05) is 13.6 Å². The molecule has 0 aliphatic carbocycles. The van der Waals surface area contributed by atoms with Crippen molar-refractivity contribution in [3.05, 3.63) is 34.0 Å². The lowest BCUT2D eigenvalue weighted by molar-refractivity contribution is 0.199. The summed E-state index contributed by atoms with van der Waals surface area (Å²) in [7, 11) is 1.81. The van der Waals surface area contributed by atoms with Crippen molar-refractivity contribution < 1.29 is 4.79 Å². The topological polar surface area (TPSA) is 63.1 Å². The number of nitrogens with zero attached hydrogens (tertiary/aromatic N) is 4. The number of aromatic nitrogens is 3. The maximum atomic E-state index is 12.5. The molecule has 0 aliphatic rings. The molecular formula is C16H25N5OS. The van der Waals surface area contributed by atoms with E-state index < -0.39 is 0 Å². The minimum Gasteiger partial charge on any atom is -0.331 e. The van der Waals surface area contributed by atoms with Gasteiger partial charge in [-0.25, -0.2) is 4.79 Å². The van der Waals surface area contributed by atoms with Crippen LogP contribution in [0.4, 0.5) is 4.79 Å². The maximum Gasteiger partial charge on any atom is 0.317 e. The molecule has 0 aliphatic heterocycles. The Kier molecular flexibility index (Phi) is 5.76. The highest BCUT2D eigenvalue weighted by atomic mass is 32.1. The summed E-state index contributed by atoms with van der Waals surface area (Å²) in [6, 6.07) is 2.16. The lowest BCUT2D eigenvalue weighted by Gasteiger charge is -2.26. The minimum absolute atomic E-state index is 0.0322. The number of nitrogens with one attached hydrogen (secondary N) is 1. The zero-order valence-electron chi connectivity index (χ0n) is 14.4. The number of carbonyl (C=O) groups excluding carboxylic acids is 1. The third-order valence-corrected chi connectivity index (χ3v) is 4.85. The summed E-state index contributed by atoms with van der Waals surface area (Å²) >= 11 is 1.78. The Bertz CT molecular complexity index is 635. The van der Waals surface area contributed by atoms with E-state index in [4.69, 9.17) is 0 Å². The molecular weight excluding hydrogens is 310 g/mol. The number of likely N-dealkylation sites (N-methyl/N-ethyl adjacent to an activating group) is 1. The van der Waals surface area contributed by atoms with Crippen LogP contribution in [0.25, 0.3) is 0 Å². The average molecular weight is 335 g/mol. The van der Waals surface area contributed by atoms with Gasteiger partial charge in [0.25, 0.3) is 0 Å². The predicted octanol–water partition coefficient (Wildman–Crippen LogP) is 3.00. The number of hydrogen-bond donors (Lipinski definition) is 1. The molecule has 2 rings (SSSR count). The van der Waals surface area contributed by atoms with Crippen LogP contribution < -0.4 is 5.32 Å². The van der Waals surface area contributed by atoms with Gasteiger partial charge in [-0.05, 0) is 31.4 Å². The highest BCUT2D eigenvalue weighted by molar-refractivity contribution is 7.12. The van der Waals surface area contributed by atoms with Gasteiger partial charge in [-0.15, -0.1) is 21.5 Å². The summed E-state index contributed by atoms with van der Waals surface area (Å²) in [5, 5.41) is 10.7. The van der Waals surface area contributed by atoms with Crippen LogP contribution in [0.3, 0.4) is 0 Å². The Labute approximate surface area is 141 Å². The molecule has 1 N–H and O–H groups in total. The first kappa shape index (κ1) is 17.5. The molecule has 2 heterocycles. The summed E-state index contributed by atoms with van der Waals surface area (Å²) in [6.07, 6.45) is 3.31. The highest BCUT2D eigenvalue weighted by Gasteiger charge is 2.23. The summed E-state index contributed by atoms with van der Waals surface area (Å²) in [4.78, 5) is 16.7. The number of urea groups is 1. The van der Waals surface area contributed by atoms with Crippen LogP contribution in [-0.2, 0) is 6.54 Å². The van der Waals surface area contributed by atoms with E-state index in [-0.39, 0.29) is 12.1 Å². The molecule has 0 spiro atoms. The summed E-state index contributed by atoms with van der Waals surface area (Å²) in [6.45, 7) is 9.77. The molecule has 7 heteroatoms. The van der Waals surface area contributed by atoms with Gasteiger partial charge in [0.2, 0.25) is 0 Å². The monoisotopic (exact) mass is 335 g/mol. The van der Waals surface area contributed by atoms with E-state index in [2.05, 4.69) is 49.3 Å². The molecule has 6 nitrogen and oxygen atoms in total. The Balaban J connectivity index is 1.98. The van der Waals surface area contributed by atoms with E-state index in [0.29, 0.717) is 19.0 Å². The Hall–Kier alpha value is -1.89. The Morgan fingerprint density at radius 3 is 2.52 bits per heavy atom. The van der Waals surface area contributed by atoms with Crippen molar-refractivity contribution in [2.24, 2.45) is 5.92 Å². The smallest absolute Gasteiger partial charge is 0.317 e. The van der Waals surface area contributed by atoms with Gasteiger partial charge in [-0.3, -0.25) is 0 Å². The predicted molar refractivity (Wildman–Crippen MR) is 92.6 cm³/mol. The molecule has 0 bridgehead atoms. The van der Waals surface area contributed by atoms with E-state index in [9.17, 15) is 4.79 Å². The first-order chi connectivity index (χ1) is 10.9. The van der Waals surface area contributed by atoms with Crippen molar-refractivity contribution in [1.29, 1.82) is 0 Å². The quantitative estimate of drug-likeness (QED) is 0.882. The van der Waals surface area contributed by atoms with Crippen molar-refractivity contribution in [3.8, 4) is 0 Å². The minimum atomic E-state index is -0.0555. The molecule has 2 aromatic heterocycles. The maximum absolute atomic E-state index is 12.5. The van der Waals surface area contributed by atoms with Crippen LogP contribution in [0.2, 0.25) is 0 Å². The van der Waals surface area contributed by atoms with Crippen LogP contribution in [0.15, 0.2) is 18.7 Å². The summed E-state index contributed by atoms with van der Waals surface area (Å²) in [5.74, 6) is 0.331. The standard InChI is InChI=1S/C16H25N5OS/c1-11(2)15(14-8-12(3)23-13(14)4)19-16(22)20(5)6-7-21-9-17-18-10-21/h8-11,15H,6-7H2,1-5H3,(H,19,22)/t15-/m0/s1. The summed E-state index contributed by atoms with van der Waals surface area (Å²) in [5.41, 5.74) is 1.23. The number of carbonyl (C=O) groups is 1. The van der Waals surface area contributed by atoms with E-state index in [1.807, 2.05) is 11.6 Å². The SMILES string of the molecule is Cc1cc([C@@H](NC(=O)N(C)CCn2cnnc2)C(C)C)c(C)s1. The number of aryl methyl sites for hydroxylation is 2. The van der Waals surface area contributed by atoms with Gasteiger partial charge < -0.3 is 14.8 Å². The molecule has 126 valence electrons. The second kappa shape index (κ2) is 7.59. The number of thiophene rings is 1. The number of hydrogen-bond acceptors (Lipinski definition) is 4. The third kappa shape index (κ3) is 4.54. The van der Waals surface area contributed by atoms with Crippen molar-refractivity contribution in [3.63, 3.8) is 0 Å². The first-order valence-corrected chi connectivity index (χ1v) is 8.61. The molecule has 0 unspecified atom stereocenters. The van der Waals surface area contributed by atoms with Crippen LogP contribution in [-0.4, -0.2) is 39.3 Å². The van der Waals surface area contributed by atoms with Gasteiger partial charge in [0.15, 0.2) is 0 Å². The Morgan fingerprint density at radius 1 is 1.35 bits per heavy atom. The van der Waals surface area contributed by atoms with Crippen molar-refractivity contribution >= 4 is 17.4 Å². The fraction of sp³-hybridized carbons (Fsp3) is 0.562.